The number of para-hydroxylation sites is 2. The van der Waals surface area contributed by atoms with E-state index < -0.39 is 5.89 Å². The zero-order valence-corrected chi connectivity index (χ0v) is 12.6. The highest BCUT2D eigenvalue weighted by Gasteiger charge is 2.13. The van der Waals surface area contributed by atoms with Crippen molar-refractivity contribution in [1.82, 2.24) is 4.98 Å². The summed E-state index contributed by atoms with van der Waals surface area (Å²) in [6, 6.07) is 18.1. The predicted octanol–water partition coefficient (Wildman–Crippen LogP) is 5.77. The molecule has 108 valence electrons. The van der Waals surface area contributed by atoms with Gasteiger partial charge >= 0.3 is 0 Å². The van der Waals surface area contributed by atoms with Crippen LogP contribution in [0.5, 0.6) is 0 Å². The molecular formula is C20H17NO. The first-order valence-electron chi connectivity index (χ1n) is 7.91. The van der Waals surface area contributed by atoms with Crippen molar-refractivity contribution >= 4 is 21.9 Å². The molecule has 0 aliphatic heterocycles. The third-order valence-electron chi connectivity index (χ3n) is 4.02. The predicted molar refractivity (Wildman–Crippen MR) is 91.0 cm³/mol. The van der Waals surface area contributed by atoms with E-state index in [2.05, 4.69) is 17.1 Å². The van der Waals surface area contributed by atoms with Crippen molar-refractivity contribution < 1.29 is 5.79 Å². The Hall–Kier alpha value is -2.61. The summed E-state index contributed by atoms with van der Waals surface area (Å²) in [6.07, 6.45) is 1.77. The first-order valence-corrected chi connectivity index (χ1v) is 7.41. The summed E-state index contributed by atoms with van der Waals surface area (Å²) in [7, 11) is 0. The summed E-state index contributed by atoms with van der Waals surface area (Å²) in [5, 5.41) is 2.21. The fourth-order valence-electron chi connectivity index (χ4n) is 2.84. The number of hydrogen-bond donors (Lipinski definition) is 0. The molecule has 0 atom stereocenters. The van der Waals surface area contributed by atoms with Crippen LogP contribution in [0.25, 0.3) is 33.2 Å². The summed E-state index contributed by atoms with van der Waals surface area (Å²) in [6.45, 7) is 3.77. The molecule has 0 saturated carbocycles. The largest absolute Gasteiger partial charge is 0.455 e. The molecule has 0 radical (unpaired) electrons. The van der Waals surface area contributed by atoms with Gasteiger partial charge in [0.05, 0.1) is 5.69 Å². The van der Waals surface area contributed by atoms with E-state index in [9.17, 15) is 0 Å². The van der Waals surface area contributed by atoms with Crippen molar-refractivity contribution in [1.29, 1.82) is 0 Å². The summed E-state index contributed by atoms with van der Waals surface area (Å²) in [5.74, 6) is -0.653. The quantitative estimate of drug-likeness (QED) is 0.468. The van der Waals surface area contributed by atoms with Gasteiger partial charge in [-0.1, -0.05) is 44.2 Å². The molecule has 0 spiro atoms. The molecule has 0 fully saturated rings. The third-order valence-corrected chi connectivity index (χ3v) is 4.02. The molecule has 22 heavy (non-hydrogen) atoms. The van der Waals surface area contributed by atoms with E-state index in [0.717, 1.165) is 38.8 Å². The summed E-state index contributed by atoms with van der Waals surface area (Å²) in [5.41, 5.74) is 4.47. The number of fused-ring (bicyclic) bond motifs is 3. The number of benzene rings is 2. The van der Waals surface area contributed by atoms with E-state index in [0.29, 0.717) is 0 Å². The zero-order chi connectivity index (χ0) is 16.0. The van der Waals surface area contributed by atoms with Crippen LogP contribution < -0.4 is 0 Å². The van der Waals surface area contributed by atoms with Crippen molar-refractivity contribution in [2.45, 2.75) is 19.7 Å². The average Bonchev–Trinajstić information content (AvgIpc) is 2.93. The molecule has 0 amide bonds. The van der Waals surface area contributed by atoms with Crippen LogP contribution in [0.3, 0.4) is 0 Å². The van der Waals surface area contributed by atoms with Crippen LogP contribution in [0.15, 0.2) is 65.2 Å². The van der Waals surface area contributed by atoms with Crippen molar-refractivity contribution in [2.24, 2.45) is 0 Å². The van der Waals surface area contributed by atoms with Gasteiger partial charge < -0.3 is 4.42 Å². The highest BCUT2D eigenvalue weighted by molar-refractivity contribution is 6.09. The van der Waals surface area contributed by atoms with Crippen LogP contribution in [-0.2, 0) is 0 Å². The zero-order valence-electron chi connectivity index (χ0n) is 13.6. The summed E-state index contributed by atoms with van der Waals surface area (Å²) < 4.78 is 14.3. The van der Waals surface area contributed by atoms with Crippen LogP contribution in [0, 0.1) is 0 Å². The lowest BCUT2D eigenvalue weighted by Crippen LogP contribution is -1.90. The molecule has 4 aromatic rings. The average molecular weight is 288 g/mol. The molecule has 2 heterocycles. The number of pyridine rings is 1. The molecule has 0 unspecified atom stereocenters. The number of furan rings is 1. The Bertz CT molecular complexity index is 1010. The minimum atomic E-state index is -0.653. The van der Waals surface area contributed by atoms with Gasteiger partial charge in [0.25, 0.3) is 0 Å². The highest BCUT2D eigenvalue weighted by atomic mass is 16.3. The minimum absolute atomic E-state index is 0.653. The lowest BCUT2D eigenvalue weighted by molar-refractivity contribution is 0.670. The van der Waals surface area contributed by atoms with Crippen molar-refractivity contribution in [3.63, 3.8) is 0 Å². The molecule has 0 saturated heterocycles. The van der Waals surface area contributed by atoms with E-state index in [-0.39, 0.29) is 0 Å². The Labute approximate surface area is 130 Å². The number of aromatic nitrogens is 1. The van der Waals surface area contributed by atoms with Gasteiger partial charge in [-0.15, -0.1) is 0 Å². The summed E-state index contributed by atoms with van der Waals surface area (Å²) >= 11 is 0. The maximum atomic E-state index is 8.23. The second kappa shape index (κ2) is 4.99. The topological polar surface area (TPSA) is 26.0 Å². The number of hydrogen-bond acceptors (Lipinski definition) is 2. The Morgan fingerprint density at radius 2 is 1.82 bits per heavy atom. The maximum Gasteiger partial charge on any atom is 0.144 e. The van der Waals surface area contributed by atoms with Crippen molar-refractivity contribution in [2.75, 3.05) is 0 Å². The summed E-state index contributed by atoms with van der Waals surface area (Å²) in [4.78, 5) is 4.50. The second-order valence-electron chi connectivity index (χ2n) is 5.71. The van der Waals surface area contributed by atoms with E-state index in [4.69, 9.17) is 5.79 Å². The molecule has 2 aromatic carbocycles. The van der Waals surface area contributed by atoms with Gasteiger partial charge in [0.2, 0.25) is 0 Å². The van der Waals surface area contributed by atoms with Crippen LogP contribution in [0.4, 0.5) is 0 Å². The van der Waals surface area contributed by atoms with Gasteiger partial charge in [-0.25, -0.2) is 0 Å². The fraction of sp³-hybridized carbons (Fsp3) is 0.150. The second-order valence-corrected chi connectivity index (χ2v) is 5.71. The number of nitrogens with zero attached hydrogens (tertiary/aromatic N) is 1. The molecule has 2 nitrogen and oxygen atoms in total. The first kappa shape index (κ1) is 12.0. The lowest BCUT2D eigenvalue weighted by Gasteiger charge is -2.07. The standard InChI is InChI=1S/C20H17NO/c1-13(2)14-10-11-21-18(12-14)17-8-5-7-16-15-6-3-4-9-19(15)22-20(16)17/h3-13H,1-2H3/i13D. The molecule has 0 aliphatic rings. The van der Waals surface area contributed by atoms with Gasteiger partial charge in [-0.2, -0.15) is 0 Å². The molecule has 0 N–H and O–H groups in total. The number of rotatable bonds is 2. The molecule has 0 aliphatic carbocycles. The SMILES string of the molecule is [2H]C(C)(C)c1ccnc(-c2cccc3c2oc2ccccc23)c1. The first-order chi connectivity index (χ1) is 11.0. The van der Waals surface area contributed by atoms with Crippen LogP contribution in [0.2, 0.25) is 0 Å². The Balaban J connectivity index is 1.99. The molecule has 2 aromatic heterocycles. The fourth-order valence-corrected chi connectivity index (χ4v) is 2.84. The monoisotopic (exact) mass is 288 g/mol. The minimum Gasteiger partial charge on any atom is -0.455 e. The van der Waals surface area contributed by atoms with Gasteiger partial charge in [0.1, 0.15) is 11.2 Å². The van der Waals surface area contributed by atoms with Crippen molar-refractivity contribution in [3.05, 3.63) is 66.4 Å². The van der Waals surface area contributed by atoms with Gasteiger partial charge in [-0.05, 0) is 35.7 Å². The van der Waals surface area contributed by atoms with Crippen LogP contribution in [0.1, 0.15) is 26.7 Å². The van der Waals surface area contributed by atoms with Gasteiger partial charge in [0, 0.05) is 23.9 Å². The van der Waals surface area contributed by atoms with Gasteiger partial charge in [-0.3, -0.25) is 4.98 Å². The van der Waals surface area contributed by atoms with E-state index in [1.807, 2.05) is 56.3 Å². The Morgan fingerprint density at radius 1 is 1.00 bits per heavy atom. The Morgan fingerprint density at radius 3 is 2.68 bits per heavy atom. The normalized spacial score (nSPS) is 12.7. The molecule has 4 rings (SSSR count). The molecule has 2 heteroatoms. The van der Waals surface area contributed by atoms with E-state index >= 15 is 0 Å². The maximum absolute atomic E-state index is 8.23. The van der Waals surface area contributed by atoms with Gasteiger partial charge in [0.15, 0.2) is 0 Å². The smallest absolute Gasteiger partial charge is 0.144 e. The van der Waals surface area contributed by atoms with Crippen molar-refractivity contribution in [3.8, 4) is 11.3 Å². The van der Waals surface area contributed by atoms with Crippen LogP contribution in [-0.4, -0.2) is 4.98 Å². The third kappa shape index (κ3) is 2.00. The molecule has 0 bridgehead atoms. The Kier molecular flexibility index (Phi) is 2.72. The van der Waals surface area contributed by atoms with E-state index in [1.165, 1.54) is 0 Å². The molecular weight excluding hydrogens is 270 g/mol. The lowest BCUT2D eigenvalue weighted by atomic mass is 10.0. The highest BCUT2D eigenvalue weighted by Crippen LogP contribution is 2.35. The van der Waals surface area contributed by atoms with E-state index in [1.54, 1.807) is 6.20 Å². The van der Waals surface area contributed by atoms with Crippen LogP contribution >= 0.6 is 0 Å².